The lowest BCUT2D eigenvalue weighted by Gasteiger charge is -2.18. The second-order valence-corrected chi connectivity index (χ2v) is 6.16. The lowest BCUT2D eigenvalue weighted by molar-refractivity contribution is 0.597. The van der Waals surface area contributed by atoms with E-state index < -0.39 is 10.0 Å². The Morgan fingerprint density at radius 3 is 2.60 bits per heavy atom. The molecule has 5 nitrogen and oxygen atoms in total. The number of nitrogens with zero attached hydrogens (tertiary/aromatic N) is 1. The number of sulfonamides is 1. The van der Waals surface area contributed by atoms with Crippen LogP contribution in [0.3, 0.4) is 0 Å². The Hall–Kier alpha value is -1.92. The van der Waals surface area contributed by atoms with E-state index in [9.17, 15) is 8.42 Å². The average molecular weight is 291 g/mol. The Morgan fingerprint density at radius 2 is 2.00 bits per heavy atom. The molecule has 0 fully saturated rings. The summed E-state index contributed by atoms with van der Waals surface area (Å²) in [7, 11) is -3.71. The number of hydrogen-bond acceptors (Lipinski definition) is 4. The third-order valence-corrected chi connectivity index (χ3v) is 4.20. The predicted octanol–water partition coefficient (Wildman–Crippen LogP) is 2.21. The van der Waals surface area contributed by atoms with E-state index >= 15 is 0 Å². The smallest absolute Gasteiger partial charge is 0.238 e. The van der Waals surface area contributed by atoms with Crippen LogP contribution in [0.1, 0.15) is 24.1 Å². The van der Waals surface area contributed by atoms with Gasteiger partial charge in [-0.1, -0.05) is 12.1 Å². The summed E-state index contributed by atoms with van der Waals surface area (Å²) in [5.74, 6) is 0. The van der Waals surface area contributed by atoms with Gasteiger partial charge in [0.05, 0.1) is 10.9 Å². The second kappa shape index (κ2) is 5.60. The van der Waals surface area contributed by atoms with Gasteiger partial charge in [-0.15, -0.1) is 0 Å². The van der Waals surface area contributed by atoms with Crippen LogP contribution in [-0.2, 0) is 10.0 Å². The number of primary sulfonamides is 1. The molecule has 2 rings (SSSR count). The van der Waals surface area contributed by atoms with Crippen LogP contribution in [0.15, 0.2) is 47.6 Å². The Labute approximate surface area is 118 Å². The number of benzene rings is 1. The van der Waals surface area contributed by atoms with Crippen LogP contribution in [0, 0.1) is 6.92 Å². The van der Waals surface area contributed by atoms with Gasteiger partial charge in [0.25, 0.3) is 0 Å². The number of nitrogens with two attached hydrogens (primary N) is 1. The summed E-state index contributed by atoms with van der Waals surface area (Å²) in [5.41, 5.74) is 2.38. The van der Waals surface area contributed by atoms with Crippen LogP contribution in [0.4, 0.5) is 5.69 Å². The normalized spacial score (nSPS) is 12.9. The predicted molar refractivity (Wildman–Crippen MR) is 78.8 cm³/mol. The van der Waals surface area contributed by atoms with Gasteiger partial charge < -0.3 is 5.32 Å². The molecule has 106 valence electrons. The maximum absolute atomic E-state index is 11.5. The van der Waals surface area contributed by atoms with Gasteiger partial charge in [-0.25, -0.2) is 13.6 Å². The first-order chi connectivity index (χ1) is 9.39. The molecule has 1 heterocycles. The molecule has 0 bridgehead atoms. The van der Waals surface area contributed by atoms with Crippen molar-refractivity contribution in [1.29, 1.82) is 0 Å². The van der Waals surface area contributed by atoms with Crippen molar-refractivity contribution in [2.45, 2.75) is 24.8 Å². The zero-order valence-electron chi connectivity index (χ0n) is 11.4. The number of pyridine rings is 1. The molecule has 0 spiro atoms. The van der Waals surface area contributed by atoms with Crippen LogP contribution >= 0.6 is 0 Å². The van der Waals surface area contributed by atoms with Gasteiger partial charge in [0, 0.05) is 18.1 Å². The molecular formula is C14H17N3O2S. The van der Waals surface area contributed by atoms with Gasteiger partial charge in [0.2, 0.25) is 10.0 Å². The van der Waals surface area contributed by atoms with E-state index in [2.05, 4.69) is 10.3 Å². The topological polar surface area (TPSA) is 85.1 Å². The molecule has 0 aliphatic heterocycles. The van der Waals surface area contributed by atoms with Crippen molar-refractivity contribution in [3.8, 4) is 0 Å². The Bertz CT molecular complexity index is 700. The highest BCUT2D eigenvalue weighted by atomic mass is 32.2. The maximum atomic E-state index is 11.5. The molecule has 0 saturated carbocycles. The fraction of sp³-hybridized carbons (Fsp3) is 0.214. The first-order valence-corrected chi connectivity index (χ1v) is 7.73. The molecule has 6 heteroatoms. The number of aromatic nitrogens is 1. The zero-order chi connectivity index (χ0) is 14.8. The first kappa shape index (κ1) is 14.5. The van der Waals surface area contributed by atoms with Crippen LogP contribution in [0.25, 0.3) is 0 Å². The lowest BCUT2D eigenvalue weighted by Crippen LogP contribution is -2.15. The van der Waals surface area contributed by atoms with Gasteiger partial charge in [0.1, 0.15) is 0 Å². The molecule has 20 heavy (non-hydrogen) atoms. The standard InChI is InChI=1S/C14H17N3O2S/c1-10-13(6-3-7-14(10)20(15,18)19)17-11(2)12-5-4-8-16-9-12/h3-9,11,17H,1-2H3,(H2,15,18,19). The van der Waals surface area contributed by atoms with Crippen LogP contribution in [-0.4, -0.2) is 13.4 Å². The third kappa shape index (κ3) is 3.15. The van der Waals surface area contributed by atoms with E-state index in [0.717, 1.165) is 11.3 Å². The molecule has 2 aromatic rings. The number of nitrogens with one attached hydrogen (secondary N) is 1. The molecule has 0 amide bonds. The van der Waals surface area contributed by atoms with E-state index in [0.29, 0.717) is 5.56 Å². The van der Waals surface area contributed by atoms with Crippen molar-refractivity contribution in [2.75, 3.05) is 5.32 Å². The SMILES string of the molecule is Cc1c(NC(C)c2cccnc2)cccc1S(N)(=O)=O. The van der Waals surface area contributed by atoms with Crippen molar-refractivity contribution >= 4 is 15.7 Å². The van der Waals surface area contributed by atoms with E-state index in [1.54, 1.807) is 25.4 Å². The van der Waals surface area contributed by atoms with Crippen LogP contribution < -0.4 is 10.5 Å². The van der Waals surface area contributed by atoms with E-state index in [1.807, 2.05) is 25.1 Å². The van der Waals surface area contributed by atoms with Crippen molar-refractivity contribution in [1.82, 2.24) is 4.98 Å². The Balaban J connectivity index is 2.31. The monoisotopic (exact) mass is 291 g/mol. The second-order valence-electron chi connectivity index (χ2n) is 4.63. The third-order valence-electron chi connectivity index (χ3n) is 3.15. The molecule has 1 atom stereocenters. The quantitative estimate of drug-likeness (QED) is 0.904. The fourth-order valence-electron chi connectivity index (χ4n) is 2.03. The Kier molecular flexibility index (Phi) is 4.06. The van der Waals surface area contributed by atoms with Gasteiger partial charge in [-0.2, -0.15) is 0 Å². The largest absolute Gasteiger partial charge is 0.378 e. The molecule has 0 radical (unpaired) electrons. The van der Waals surface area contributed by atoms with Crippen molar-refractivity contribution in [3.63, 3.8) is 0 Å². The van der Waals surface area contributed by atoms with E-state index in [1.165, 1.54) is 6.07 Å². The highest BCUT2D eigenvalue weighted by Crippen LogP contribution is 2.25. The van der Waals surface area contributed by atoms with E-state index in [4.69, 9.17) is 5.14 Å². The van der Waals surface area contributed by atoms with Crippen molar-refractivity contribution in [3.05, 3.63) is 53.9 Å². The summed E-state index contributed by atoms with van der Waals surface area (Å²) in [6.07, 6.45) is 3.49. The zero-order valence-corrected chi connectivity index (χ0v) is 12.2. The van der Waals surface area contributed by atoms with Gasteiger partial charge in [-0.3, -0.25) is 4.98 Å². The van der Waals surface area contributed by atoms with Crippen LogP contribution in [0.2, 0.25) is 0 Å². The molecule has 0 saturated heterocycles. The van der Waals surface area contributed by atoms with Crippen LogP contribution in [0.5, 0.6) is 0 Å². The average Bonchev–Trinajstić information content (AvgIpc) is 2.40. The molecule has 1 aromatic carbocycles. The summed E-state index contributed by atoms with van der Waals surface area (Å²) in [5, 5.41) is 8.48. The van der Waals surface area contributed by atoms with Gasteiger partial charge >= 0.3 is 0 Å². The summed E-state index contributed by atoms with van der Waals surface area (Å²) >= 11 is 0. The van der Waals surface area contributed by atoms with Gasteiger partial charge in [-0.05, 0) is 43.2 Å². The van der Waals surface area contributed by atoms with Crippen molar-refractivity contribution < 1.29 is 8.42 Å². The molecule has 0 aliphatic carbocycles. The number of anilines is 1. The number of rotatable bonds is 4. The summed E-state index contributed by atoms with van der Waals surface area (Å²) in [6.45, 7) is 3.72. The minimum atomic E-state index is -3.71. The summed E-state index contributed by atoms with van der Waals surface area (Å²) in [4.78, 5) is 4.21. The molecule has 1 aromatic heterocycles. The summed E-state index contributed by atoms with van der Waals surface area (Å²) < 4.78 is 23.0. The highest BCUT2D eigenvalue weighted by Gasteiger charge is 2.15. The minimum absolute atomic E-state index is 0.0122. The minimum Gasteiger partial charge on any atom is -0.378 e. The Morgan fingerprint density at radius 1 is 1.25 bits per heavy atom. The van der Waals surface area contributed by atoms with E-state index in [-0.39, 0.29) is 10.9 Å². The molecule has 0 aliphatic rings. The van der Waals surface area contributed by atoms with Crippen molar-refractivity contribution in [2.24, 2.45) is 5.14 Å². The number of hydrogen-bond donors (Lipinski definition) is 2. The summed E-state index contributed by atoms with van der Waals surface area (Å²) in [6, 6.07) is 8.84. The maximum Gasteiger partial charge on any atom is 0.238 e. The molecule has 3 N–H and O–H groups in total. The van der Waals surface area contributed by atoms with Gasteiger partial charge in [0.15, 0.2) is 0 Å². The first-order valence-electron chi connectivity index (χ1n) is 6.18. The molecule has 1 unspecified atom stereocenters. The lowest BCUT2D eigenvalue weighted by atomic mass is 10.1. The highest BCUT2D eigenvalue weighted by molar-refractivity contribution is 7.89. The fourth-order valence-corrected chi connectivity index (χ4v) is 2.83. The molecular weight excluding hydrogens is 274 g/mol.